The molecule has 0 aliphatic heterocycles. The number of nitrogens with one attached hydrogen (secondary N) is 2. The van der Waals surface area contributed by atoms with Gasteiger partial charge in [-0.1, -0.05) is 68.4 Å². The van der Waals surface area contributed by atoms with Crippen LogP contribution in [0.2, 0.25) is 0 Å². The molecule has 8 heteroatoms. The fraction of sp³-hybridized carbons (Fsp3) is 0.474. The van der Waals surface area contributed by atoms with Gasteiger partial charge in [0.15, 0.2) is 0 Å². The number of aliphatic hydroxyl groups is 1. The predicted molar refractivity (Wildman–Crippen MR) is 182 cm³/mol. The van der Waals surface area contributed by atoms with Crippen LogP contribution in [0, 0.1) is 5.41 Å². The number of hydrogen-bond donors (Lipinski definition) is 3. The van der Waals surface area contributed by atoms with E-state index < -0.39 is 27.8 Å². The van der Waals surface area contributed by atoms with Crippen molar-refractivity contribution in [3.63, 3.8) is 0 Å². The highest BCUT2D eigenvalue weighted by molar-refractivity contribution is 5.87. The van der Waals surface area contributed by atoms with E-state index in [4.69, 9.17) is 14.2 Å². The van der Waals surface area contributed by atoms with E-state index in [1.165, 1.54) is 0 Å². The van der Waals surface area contributed by atoms with Crippen molar-refractivity contribution >= 4 is 11.8 Å². The molecular formula is C38H52N2O6. The van der Waals surface area contributed by atoms with E-state index in [-0.39, 0.29) is 24.8 Å². The van der Waals surface area contributed by atoms with Crippen LogP contribution in [-0.2, 0) is 19.9 Å². The number of benzene rings is 3. The first kappa shape index (κ1) is 36.6. The van der Waals surface area contributed by atoms with Gasteiger partial charge in [0.05, 0.1) is 32.0 Å². The third kappa shape index (κ3) is 9.56. The molecule has 0 aromatic heterocycles. The van der Waals surface area contributed by atoms with Crippen molar-refractivity contribution in [1.82, 2.24) is 10.6 Å². The molecule has 0 aliphatic carbocycles. The van der Waals surface area contributed by atoms with Crippen molar-refractivity contribution in [2.75, 3.05) is 20.8 Å². The molecule has 46 heavy (non-hydrogen) atoms. The molecule has 0 atom stereocenters. The number of ether oxygens (including phenoxy) is 3. The van der Waals surface area contributed by atoms with Crippen molar-refractivity contribution in [3.05, 3.63) is 95.6 Å². The normalized spacial score (nSPS) is 12.8. The quantitative estimate of drug-likeness (QED) is 0.168. The zero-order valence-electron chi connectivity index (χ0n) is 29.1. The van der Waals surface area contributed by atoms with E-state index in [1.807, 2.05) is 94.4 Å². The van der Waals surface area contributed by atoms with Gasteiger partial charge in [0.1, 0.15) is 17.1 Å². The molecule has 250 valence electrons. The van der Waals surface area contributed by atoms with Gasteiger partial charge in [0.2, 0.25) is 11.8 Å². The largest absolute Gasteiger partial charge is 0.497 e. The van der Waals surface area contributed by atoms with Gasteiger partial charge in [-0.15, -0.1) is 0 Å². The third-order valence-corrected chi connectivity index (χ3v) is 7.85. The van der Waals surface area contributed by atoms with E-state index in [0.717, 1.165) is 28.2 Å². The van der Waals surface area contributed by atoms with Crippen LogP contribution in [-0.4, -0.2) is 54.4 Å². The van der Waals surface area contributed by atoms with Crippen LogP contribution in [0.15, 0.2) is 78.9 Å². The molecule has 3 rings (SSSR count). The summed E-state index contributed by atoms with van der Waals surface area (Å²) in [6.07, 6.45) is 0.709. The highest BCUT2D eigenvalue weighted by Crippen LogP contribution is 2.45. The summed E-state index contributed by atoms with van der Waals surface area (Å²) in [6.45, 7) is 14.6. The zero-order chi connectivity index (χ0) is 34.4. The summed E-state index contributed by atoms with van der Waals surface area (Å²) in [7, 11) is 3.28. The summed E-state index contributed by atoms with van der Waals surface area (Å²) in [5.74, 6) is 0.865. The first-order valence-electron chi connectivity index (χ1n) is 15.7. The molecule has 0 aliphatic rings. The minimum atomic E-state index is -1.02. The SMILES string of the molecule is COc1ccc(C(OC(C)(C)CC(C)(C)NC(=O)CNC(=O)C(C)(C)CC(C)(C)O)(c2ccccc2)c2ccc(OC)cc2)cc1. The Hall–Kier alpha value is -3.88. The van der Waals surface area contributed by atoms with Gasteiger partial charge in [-0.2, -0.15) is 0 Å². The average molecular weight is 633 g/mol. The maximum Gasteiger partial charge on any atom is 0.239 e. The Morgan fingerprint density at radius 3 is 1.57 bits per heavy atom. The van der Waals surface area contributed by atoms with Crippen LogP contribution in [0.4, 0.5) is 0 Å². The van der Waals surface area contributed by atoms with Crippen LogP contribution in [0.25, 0.3) is 0 Å². The Kier molecular flexibility index (Phi) is 11.3. The first-order chi connectivity index (χ1) is 21.3. The highest BCUT2D eigenvalue weighted by atomic mass is 16.5. The van der Waals surface area contributed by atoms with Crippen molar-refractivity contribution in [1.29, 1.82) is 0 Å². The molecule has 0 spiro atoms. The Balaban J connectivity index is 1.92. The van der Waals surface area contributed by atoms with Gasteiger partial charge in [-0.3, -0.25) is 9.59 Å². The lowest BCUT2D eigenvalue weighted by Gasteiger charge is -2.45. The lowest BCUT2D eigenvalue weighted by Crippen LogP contribution is -2.53. The van der Waals surface area contributed by atoms with Crippen molar-refractivity contribution in [2.24, 2.45) is 5.41 Å². The maximum atomic E-state index is 13.1. The Morgan fingerprint density at radius 2 is 1.13 bits per heavy atom. The topological polar surface area (TPSA) is 106 Å². The zero-order valence-corrected chi connectivity index (χ0v) is 29.1. The van der Waals surface area contributed by atoms with Crippen LogP contribution < -0.4 is 20.1 Å². The summed E-state index contributed by atoms with van der Waals surface area (Å²) >= 11 is 0. The second-order valence-electron chi connectivity index (χ2n) is 14.5. The molecule has 0 saturated heterocycles. The summed E-state index contributed by atoms with van der Waals surface area (Å²) in [5.41, 5.74) is -1.58. The van der Waals surface area contributed by atoms with Crippen molar-refractivity contribution < 1.29 is 28.9 Å². The van der Waals surface area contributed by atoms with E-state index >= 15 is 0 Å². The number of carbonyl (C=O) groups excluding carboxylic acids is 2. The maximum absolute atomic E-state index is 13.1. The molecule has 0 bridgehead atoms. The monoisotopic (exact) mass is 632 g/mol. The molecule has 0 fully saturated rings. The molecule has 0 heterocycles. The molecule has 8 nitrogen and oxygen atoms in total. The molecular weight excluding hydrogens is 580 g/mol. The van der Waals surface area contributed by atoms with Crippen LogP contribution in [0.1, 0.15) is 84.9 Å². The molecule has 2 amide bonds. The first-order valence-corrected chi connectivity index (χ1v) is 15.7. The van der Waals surface area contributed by atoms with Crippen LogP contribution in [0.5, 0.6) is 11.5 Å². The van der Waals surface area contributed by atoms with Gasteiger partial charge in [0.25, 0.3) is 0 Å². The highest BCUT2D eigenvalue weighted by Gasteiger charge is 2.44. The van der Waals surface area contributed by atoms with Gasteiger partial charge in [-0.05, 0) is 95.3 Å². The van der Waals surface area contributed by atoms with E-state index in [9.17, 15) is 14.7 Å². The smallest absolute Gasteiger partial charge is 0.239 e. The Bertz CT molecular complexity index is 1390. The van der Waals surface area contributed by atoms with Gasteiger partial charge in [0, 0.05) is 11.0 Å². The summed E-state index contributed by atoms with van der Waals surface area (Å²) in [5, 5.41) is 16.0. The summed E-state index contributed by atoms with van der Waals surface area (Å²) in [6, 6.07) is 25.8. The van der Waals surface area contributed by atoms with E-state index in [2.05, 4.69) is 22.8 Å². The van der Waals surface area contributed by atoms with Gasteiger partial charge < -0.3 is 30.0 Å². The number of methoxy groups -OCH3 is 2. The minimum absolute atomic E-state index is 0.176. The summed E-state index contributed by atoms with van der Waals surface area (Å²) in [4.78, 5) is 25.9. The minimum Gasteiger partial charge on any atom is -0.497 e. The molecule has 0 saturated carbocycles. The lowest BCUT2D eigenvalue weighted by molar-refractivity contribution is -0.135. The van der Waals surface area contributed by atoms with Crippen LogP contribution >= 0.6 is 0 Å². The summed E-state index contributed by atoms with van der Waals surface area (Å²) < 4.78 is 18.2. The lowest BCUT2D eigenvalue weighted by atomic mass is 9.78. The average Bonchev–Trinajstić information content (AvgIpc) is 2.97. The molecule has 0 unspecified atom stereocenters. The van der Waals surface area contributed by atoms with Crippen molar-refractivity contribution in [3.8, 4) is 11.5 Å². The number of rotatable bonds is 15. The van der Waals surface area contributed by atoms with Gasteiger partial charge >= 0.3 is 0 Å². The van der Waals surface area contributed by atoms with Crippen LogP contribution in [0.3, 0.4) is 0 Å². The third-order valence-electron chi connectivity index (χ3n) is 7.85. The second-order valence-corrected chi connectivity index (χ2v) is 14.5. The second kappa shape index (κ2) is 14.3. The molecule has 0 radical (unpaired) electrons. The van der Waals surface area contributed by atoms with Gasteiger partial charge in [-0.25, -0.2) is 0 Å². The van der Waals surface area contributed by atoms with E-state index in [1.54, 1.807) is 41.9 Å². The molecule has 3 aromatic rings. The number of amides is 2. The molecule has 3 N–H and O–H groups in total. The standard InChI is InChI=1S/C38H52N2O6/c1-34(2,25-36(5,6)43)33(42)39-24-32(41)40-35(3,4)26-37(7,8)46-38(27-14-12-11-13-15-27,28-16-20-30(44-9)21-17-28)29-18-22-31(45-10)23-19-29/h11-23,43H,24-26H2,1-10H3,(H,39,42)(H,40,41). The predicted octanol–water partition coefficient (Wildman–Crippen LogP) is 6.38. The number of carbonyl (C=O) groups is 2. The fourth-order valence-corrected chi connectivity index (χ4v) is 6.54. The van der Waals surface area contributed by atoms with Crippen molar-refractivity contribution in [2.45, 2.75) is 90.6 Å². The Morgan fingerprint density at radius 1 is 0.674 bits per heavy atom. The number of hydrogen-bond acceptors (Lipinski definition) is 6. The van der Waals surface area contributed by atoms with E-state index in [0.29, 0.717) is 6.42 Å². The molecule has 3 aromatic carbocycles. The Labute approximate surface area is 274 Å². The fourth-order valence-electron chi connectivity index (χ4n) is 6.54.